The molecule has 0 radical (unpaired) electrons. The Kier molecular flexibility index (Phi) is 4.44. The molecule has 1 aliphatic heterocycles. The van der Waals surface area contributed by atoms with Crippen LogP contribution in [0.1, 0.15) is 11.1 Å². The molecule has 0 spiro atoms. The molecule has 22 heavy (non-hydrogen) atoms. The van der Waals surface area contributed by atoms with Crippen LogP contribution in [0.15, 0.2) is 36.4 Å². The summed E-state index contributed by atoms with van der Waals surface area (Å²) in [4.78, 5) is 0. The number of halogens is 1. The standard InChI is InChI=1S/C17H18FNO3/c1-20-15-8-13(9-16-17(15)22-11-21-16)10-19-6-5-12-3-2-4-14(18)7-12/h2-4,7-9,19H,5-6,10-11H2,1H3. The first-order valence-electron chi connectivity index (χ1n) is 7.18. The van der Waals surface area contributed by atoms with Crippen molar-refractivity contribution >= 4 is 0 Å². The van der Waals surface area contributed by atoms with Gasteiger partial charge in [0.05, 0.1) is 7.11 Å². The highest BCUT2D eigenvalue weighted by atomic mass is 19.1. The summed E-state index contributed by atoms with van der Waals surface area (Å²) >= 11 is 0. The molecule has 2 aromatic carbocycles. The quantitative estimate of drug-likeness (QED) is 0.833. The average molecular weight is 303 g/mol. The van der Waals surface area contributed by atoms with E-state index in [1.54, 1.807) is 19.2 Å². The summed E-state index contributed by atoms with van der Waals surface area (Å²) < 4.78 is 29.2. The van der Waals surface area contributed by atoms with Crippen LogP contribution >= 0.6 is 0 Å². The van der Waals surface area contributed by atoms with Gasteiger partial charge in [-0.3, -0.25) is 0 Å². The van der Waals surface area contributed by atoms with Gasteiger partial charge in [0.1, 0.15) is 5.82 Å². The van der Waals surface area contributed by atoms with E-state index in [0.717, 1.165) is 24.1 Å². The lowest BCUT2D eigenvalue weighted by molar-refractivity contribution is 0.171. The number of nitrogens with one attached hydrogen (secondary N) is 1. The maximum Gasteiger partial charge on any atom is 0.231 e. The van der Waals surface area contributed by atoms with Crippen LogP contribution in [-0.4, -0.2) is 20.4 Å². The zero-order valence-electron chi connectivity index (χ0n) is 12.4. The summed E-state index contributed by atoms with van der Waals surface area (Å²) in [6.45, 7) is 1.67. The third kappa shape index (κ3) is 3.31. The fraction of sp³-hybridized carbons (Fsp3) is 0.294. The fourth-order valence-electron chi connectivity index (χ4n) is 2.44. The first-order valence-corrected chi connectivity index (χ1v) is 7.18. The maximum atomic E-state index is 13.1. The van der Waals surface area contributed by atoms with Crippen LogP contribution in [0, 0.1) is 5.82 Å². The molecule has 1 N–H and O–H groups in total. The van der Waals surface area contributed by atoms with Crippen molar-refractivity contribution in [2.75, 3.05) is 20.4 Å². The van der Waals surface area contributed by atoms with E-state index in [-0.39, 0.29) is 12.6 Å². The van der Waals surface area contributed by atoms with E-state index in [9.17, 15) is 4.39 Å². The van der Waals surface area contributed by atoms with Gasteiger partial charge in [0.2, 0.25) is 12.5 Å². The van der Waals surface area contributed by atoms with Gasteiger partial charge < -0.3 is 19.5 Å². The number of methoxy groups -OCH3 is 1. The Labute approximate surface area is 128 Å². The number of hydrogen-bond donors (Lipinski definition) is 1. The van der Waals surface area contributed by atoms with Crippen molar-refractivity contribution in [3.63, 3.8) is 0 Å². The lowest BCUT2D eigenvalue weighted by Crippen LogP contribution is -2.16. The summed E-state index contributed by atoms with van der Waals surface area (Å²) in [5.74, 6) is 1.85. The van der Waals surface area contributed by atoms with Crippen molar-refractivity contribution in [3.8, 4) is 17.2 Å². The highest BCUT2D eigenvalue weighted by molar-refractivity contribution is 5.55. The highest BCUT2D eigenvalue weighted by Gasteiger charge is 2.19. The van der Waals surface area contributed by atoms with Gasteiger partial charge in [-0.1, -0.05) is 12.1 Å². The fourth-order valence-corrected chi connectivity index (χ4v) is 2.44. The molecule has 0 atom stereocenters. The molecule has 1 aliphatic rings. The van der Waals surface area contributed by atoms with Crippen molar-refractivity contribution in [2.45, 2.75) is 13.0 Å². The van der Waals surface area contributed by atoms with E-state index in [1.165, 1.54) is 6.07 Å². The minimum Gasteiger partial charge on any atom is -0.493 e. The van der Waals surface area contributed by atoms with E-state index in [1.807, 2.05) is 18.2 Å². The summed E-state index contributed by atoms with van der Waals surface area (Å²) in [7, 11) is 1.61. The molecule has 0 bridgehead atoms. The number of hydrogen-bond acceptors (Lipinski definition) is 4. The van der Waals surface area contributed by atoms with Gasteiger partial charge in [-0.25, -0.2) is 4.39 Å². The van der Waals surface area contributed by atoms with E-state index in [4.69, 9.17) is 14.2 Å². The smallest absolute Gasteiger partial charge is 0.231 e. The van der Waals surface area contributed by atoms with E-state index >= 15 is 0 Å². The van der Waals surface area contributed by atoms with Gasteiger partial charge >= 0.3 is 0 Å². The van der Waals surface area contributed by atoms with Crippen molar-refractivity contribution in [1.82, 2.24) is 5.32 Å². The van der Waals surface area contributed by atoms with Gasteiger partial charge in [0.25, 0.3) is 0 Å². The van der Waals surface area contributed by atoms with E-state index in [2.05, 4.69) is 5.32 Å². The normalized spacial score (nSPS) is 12.5. The molecule has 0 aromatic heterocycles. The predicted molar refractivity (Wildman–Crippen MR) is 80.9 cm³/mol. The highest BCUT2D eigenvalue weighted by Crippen LogP contribution is 2.41. The zero-order valence-corrected chi connectivity index (χ0v) is 12.4. The molecule has 4 nitrogen and oxygen atoms in total. The van der Waals surface area contributed by atoms with Gasteiger partial charge in [-0.2, -0.15) is 0 Å². The Balaban J connectivity index is 1.56. The Morgan fingerprint density at radius 1 is 1.18 bits per heavy atom. The predicted octanol–water partition coefficient (Wildman–Crippen LogP) is 2.90. The molecule has 3 rings (SSSR count). The summed E-state index contributed by atoms with van der Waals surface area (Å²) in [5, 5.41) is 3.34. The molecule has 0 saturated carbocycles. The lowest BCUT2D eigenvalue weighted by atomic mass is 10.1. The van der Waals surface area contributed by atoms with Crippen LogP contribution in [-0.2, 0) is 13.0 Å². The van der Waals surface area contributed by atoms with Gasteiger partial charge in [0, 0.05) is 6.54 Å². The monoisotopic (exact) mass is 303 g/mol. The van der Waals surface area contributed by atoms with Crippen LogP contribution in [0.2, 0.25) is 0 Å². The van der Waals surface area contributed by atoms with E-state index in [0.29, 0.717) is 23.8 Å². The summed E-state index contributed by atoms with van der Waals surface area (Å²) in [6.07, 6.45) is 0.777. The minimum atomic E-state index is -0.196. The number of benzene rings is 2. The maximum absolute atomic E-state index is 13.1. The molecule has 0 amide bonds. The number of ether oxygens (including phenoxy) is 3. The Bertz CT molecular complexity index is 660. The lowest BCUT2D eigenvalue weighted by Gasteiger charge is -2.09. The second kappa shape index (κ2) is 6.66. The number of fused-ring (bicyclic) bond motifs is 1. The van der Waals surface area contributed by atoms with Crippen molar-refractivity contribution in [3.05, 3.63) is 53.3 Å². The molecule has 5 heteroatoms. The van der Waals surface area contributed by atoms with Crippen molar-refractivity contribution in [2.24, 2.45) is 0 Å². The first kappa shape index (κ1) is 14.7. The molecule has 0 aliphatic carbocycles. The Morgan fingerprint density at radius 2 is 2.09 bits per heavy atom. The molecule has 0 unspecified atom stereocenters. The average Bonchev–Trinajstić information content (AvgIpc) is 2.99. The minimum absolute atomic E-state index is 0.196. The molecule has 2 aromatic rings. The van der Waals surface area contributed by atoms with Gasteiger partial charge in [-0.15, -0.1) is 0 Å². The van der Waals surface area contributed by atoms with Crippen molar-refractivity contribution < 1.29 is 18.6 Å². The molecule has 1 heterocycles. The molecule has 116 valence electrons. The van der Waals surface area contributed by atoms with E-state index < -0.39 is 0 Å². The van der Waals surface area contributed by atoms with Crippen LogP contribution in [0.4, 0.5) is 4.39 Å². The second-order valence-corrected chi connectivity index (χ2v) is 5.09. The third-order valence-corrected chi connectivity index (χ3v) is 3.53. The van der Waals surface area contributed by atoms with Crippen LogP contribution in [0.5, 0.6) is 17.2 Å². The topological polar surface area (TPSA) is 39.7 Å². The zero-order chi connectivity index (χ0) is 15.4. The molecule has 0 fully saturated rings. The van der Waals surface area contributed by atoms with Gasteiger partial charge in [-0.05, 0) is 48.4 Å². The summed E-state index contributed by atoms with van der Waals surface area (Å²) in [5.41, 5.74) is 2.04. The second-order valence-electron chi connectivity index (χ2n) is 5.09. The molecular weight excluding hydrogens is 285 g/mol. The number of rotatable bonds is 6. The molecular formula is C17H18FNO3. The van der Waals surface area contributed by atoms with Crippen molar-refractivity contribution in [1.29, 1.82) is 0 Å². The summed E-state index contributed by atoms with van der Waals surface area (Å²) in [6, 6.07) is 10.5. The Morgan fingerprint density at radius 3 is 2.91 bits per heavy atom. The first-order chi connectivity index (χ1) is 10.8. The molecule has 0 saturated heterocycles. The largest absolute Gasteiger partial charge is 0.493 e. The van der Waals surface area contributed by atoms with Crippen LogP contribution < -0.4 is 19.5 Å². The van der Waals surface area contributed by atoms with Crippen LogP contribution in [0.3, 0.4) is 0 Å². The van der Waals surface area contributed by atoms with Gasteiger partial charge in [0.15, 0.2) is 11.5 Å². The third-order valence-electron chi connectivity index (χ3n) is 3.53. The Hall–Kier alpha value is -2.27. The SMILES string of the molecule is COc1cc(CNCCc2cccc(F)c2)cc2c1OCO2. The van der Waals surface area contributed by atoms with Crippen LogP contribution in [0.25, 0.3) is 0 Å².